The highest BCUT2D eigenvalue weighted by atomic mass is 16.6. The SMILES string of the molecule is C[C@@H]1[C@@H](O)C(=O)[C@@H]2C(C)(C)CCC[C@]2(C)[C@@]12CC[C@]1(CO[C@H](O)C1)O2. The number of fused-ring (bicyclic) bond motifs is 2. The molecule has 142 valence electrons. The van der Waals surface area contributed by atoms with Crippen molar-refractivity contribution in [3.63, 3.8) is 0 Å². The van der Waals surface area contributed by atoms with Crippen molar-refractivity contribution < 1.29 is 24.5 Å². The van der Waals surface area contributed by atoms with Gasteiger partial charge in [-0.1, -0.05) is 34.1 Å². The van der Waals surface area contributed by atoms with Crippen LogP contribution in [-0.2, 0) is 14.3 Å². The van der Waals surface area contributed by atoms with E-state index in [1.165, 1.54) is 0 Å². The highest BCUT2D eigenvalue weighted by molar-refractivity contribution is 5.88. The lowest BCUT2D eigenvalue weighted by atomic mass is 9.43. The zero-order chi connectivity index (χ0) is 18.3. The first-order chi connectivity index (χ1) is 11.6. The Labute approximate surface area is 150 Å². The topological polar surface area (TPSA) is 76.0 Å². The molecular weight excluding hydrogens is 320 g/mol. The molecule has 2 saturated carbocycles. The van der Waals surface area contributed by atoms with Gasteiger partial charge >= 0.3 is 0 Å². The summed E-state index contributed by atoms with van der Waals surface area (Å²) >= 11 is 0. The van der Waals surface area contributed by atoms with Crippen molar-refractivity contribution in [3.05, 3.63) is 0 Å². The van der Waals surface area contributed by atoms with E-state index in [4.69, 9.17) is 9.47 Å². The average molecular weight is 352 g/mol. The maximum atomic E-state index is 13.1. The largest absolute Gasteiger partial charge is 0.385 e. The van der Waals surface area contributed by atoms with Gasteiger partial charge in [0.2, 0.25) is 0 Å². The first kappa shape index (κ1) is 17.9. The molecule has 5 heteroatoms. The lowest BCUT2D eigenvalue weighted by Gasteiger charge is -2.63. The lowest BCUT2D eigenvalue weighted by Crippen LogP contribution is -2.69. The second kappa shape index (κ2) is 5.28. The van der Waals surface area contributed by atoms with Crippen molar-refractivity contribution in [2.45, 2.75) is 89.8 Å². The number of ether oxygens (including phenoxy) is 2. The predicted molar refractivity (Wildman–Crippen MR) is 91.8 cm³/mol. The van der Waals surface area contributed by atoms with E-state index >= 15 is 0 Å². The number of aliphatic hydroxyl groups excluding tert-OH is 2. The minimum Gasteiger partial charge on any atom is -0.385 e. The van der Waals surface area contributed by atoms with Gasteiger partial charge in [0.05, 0.1) is 17.8 Å². The predicted octanol–water partition coefficient (Wildman–Crippen LogP) is 2.43. The first-order valence-electron chi connectivity index (χ1n) is 9.79. The summed E-state index contributed by atoms with van der Waals surface area (Å²) in [6.07, 6.45) is 3.40. The standard InChI is InChI=1S/C20H32O5/c1-12-14(22)15(23)16-17(2,3)6-5-7-18(16,4)20(12)9-8-19(25-20)10-13(21)24-11-19/h12-14,16,21-22H,5-11H2,1-4H3/t12-,13+,14-,16-,18+,19+,20-/m1/s1. The van der Waals surface area contributed by atoms with Crippen LogP contribution in [-0.4, -0.2) is 46.2 Å². The number of hydrogen-bond acceptors (Lipinski definition) is 5. The fourth-order valence-corrected chi connectivity index (χ4v) is 6.96. The Morgan fingerprint density at radius 2 is 1.80 bits per heavy atom. The number of Topliss-reactive ketones (excluding diaryl/α,β-unsaturated/α-hetero) is 1. The molecular formula is C20H32O5. The molecule has 4 fully saturated rings. The first-order valence-corrected chi connectivity index (χ1v) is 9.79. The Bertz CT molecular complexity index is 589. The van der Waals surface area contributed by atoms with Crippen LogP contribution in [0.4, 0.5) is 0 Å². The van der Waals surface area contributed by atoms with Gasteiger partial charge in [0, 0.05) is 23.7 Å². The van der Waals surface area contributed by atoms with Crippen LogP contribution in [0.1, 0.15) is 66.2 Å². The van der Waals surface area contributed by atoms with Crippen LogP contribution in [0.2, 0.25) is 0 Å². The number of ketones is 1. The summed E-state index contributed by atoms with van der Waals surface area (Å²) in [4.78, 5) is 13.1. The molecule has 0 aromatic rings. The van der Waals surface area contributed by atoms with Gasteiger partial charge in [0.15, 0.2) is 12.1 Å². The van der Waals surface area contributed by atoms with Crippen LogP contribution in [0.5, 0.6) is 0 Å². The Morgan fingerprint density at radius 3 is 2.44 bits per heavy atom. The number of aliphatic hydroxyl groups is 2. The molecule has 25 heavy (non-hydrogen) atoms. The summed E-state index contributed by atoms with van der Waals surface area (Å²) in [6.45, 7) is 8.91. The summed E-state index contributed by atoms with van der Waals surface area (Å²) in [7, 11) is 0. The fraction of sp³-hybridized carbons (Fsp3) is 0.950. The van der Waals surface area contributed by atoms with Crippen molar-refractivity contribution >= 4 is 5.78 Å². The minimum absolute atomic E-state index is 0.00224. The van der Waals surface area contributed by atoms with Crippen LogP contribution >= 0.6 is 0 Å². The molecule has 5 nitrogen and oxygen atoms in total. The second-order valence-corrected chi connectivity index (χ2v) is 9.97. The number of carbonyl (C=O) groups excluding carboxylic acids is 1. The molecule has 2 spiro atoms. The van der Waals surface area contributed by atoms with E-state index in [1.807, 2.05) is 6.92 Å². The van der Waals surface area contributed by atoms with Gasteiger partial charge < -0.3 is 19.7 Å². The smallest absolute Gasteiger partial charge is 0.165 e. The number of carbonyl (C=O) groups is 1. The van der Waals surface area contributed by atoms with Crippen LogP contribution in [0.15, 0.2) is 0 Å². The van der Waals surface area contributed by atoms with E-state index in [0.717, 1.165) is 32.1 Å². The Kier molecular flexibility index (Phi) is 3.78. The quantitative estimate of drug-likeness (QED) is 0.700. The van der Waals surface area contributed by atoms with Gasteiger partial charge in [0.25, 0.3) is 0 Å². The third-order valence-corrected chi connectivity index (χ3v) is 8.12. The molecule has 0 unspecified atom stereocenters. The molecule has 2 aliphatic carbocycles. The van der Waals surface area contributed by atoms with Crippen molar-refractivity contribution in [2.24, 2.45) is 22.7 Å². The van der Waals surface area contributed by atoms with Crippen LogP contribution in [0, 0.1) is 22.7 Å². The zero-order valence-corrected chi connectivity index (χ0v) is 15.9. The van der Waals surface area contributed by atoms with E-state index in [2.05, 4.69) is 20.8 Å². The van der Waals surface area contributed by atoms with E-state index in [-0.39, 0.29) is 28.4 Å². The van der Waals surface area contributed by atoms with Crippen molar-refractivity contribution in [1.29, 1.82) is 0 Å². The summed E-state index contributed by atoms with van der Waals surface area (Å²) in [5.74, 6) is -0.438. The highest BCUT2D eigenvalue weighted by Gasteiger charge is 2.72. The molecule has 0 amide bonds. The molecule has 0 aromatic heterocycles. The Morgan fingerprint density at radius 1 is 1.08 bits per heavy atom. The van der Waals surface area contributed by atoms with Gasteiger partial charge in [-0.3, -0.25) is 4.79 Å². The van der Waals surface area contributed by atoms with Crippen molar-refractivity contribution in [2.75, 3.05) is 6.61 Å². The normalized spacial score (nSPS) is 55.0. The van der Waals surface area contributed by atoms with Gasteiger partial charge in [0.1, 0.15) is 6.10 Å². The van der Waals surface area contributed by atoms with E-state index in [0.29, 0.717) is 13.0 Å². The maximum Gasteiger partial charge on any atom is 0.165 e. The molecule has 4 aliphatic rings. The molecule has 2 heterocycles. The van der Waals surface area contributed by atoms with Crippen LogP contribution < -0.4 is 0 Å². The fourth-order valence-electron chi connectivity index (χ4n) is 6.96. The van der Waals surface area contributed by atoms with Crippen LogP contribution in [0.25, 0.3) is 0 Å². The third-order valence-electron chi connectivity index (χ3n) is 8.12. The third kappa shape index (κ3) is 2.19. The van der Waals surface area contributed by atoms with E-state index in [9.17, 15) is 15.0 Å². The molecule has 4 rings (SSSR count). The Balaban J connectivity index is 1.79. The monoisotopic (exact) mass is 352 g/mol. The molecule has 2 saturated heterocycles. The minimum atomic E-state index is -0.974. The Hall–Kier alpha value is -0.490. The van der Waals surface area contributed by atoms with E-state index < -0.39 is 23.6 Å². The molecule has 0 bridgehead atoms. The molecule has 7 atom stereocenters. The summed E-state index contributed by atoms with van der Waals surface area (Å²) in [6, 6.07) is 0. The summed E-state index contributed by atoms with van der Waals surface area (Å²) < 4.78 is 12.2. The lowest BCUT2D eigenvalue weighted by molar-refractivity contribution is -0.255. The van der Waals surface area contributed by atoms with Gasteiger partial charge in [-0.15, -0.1) is 0 Å². The number of hydrogen-bond donors (Lipinski definition) is 2. The van der Waals surface area contributed by atoms with Gasteiger partial charge in [-0.2, -0.15) is 0 Å². The molecule has 0 radical (unpaired) electrons. The molecule has 2 N–H and O–H groups in total. The average Bonchev–Trinajstić information content (AvgIpc) is 3.08. The van der Waals surface area contributed by atoms with E-state index in [1.54, 1.807) is 0 Å². The second-order valence-electron chi connectivity index (χ2n) is 9.97. The van der Waals surface area contributed by atoms with Crippen molar-refractivity contribution in [3.8, 4) is 0 Å². The summed E-state index contributed by atoms with van der Waals surface area (Å²) in [5.41, 5.74) is -1.43. The number of rotatable bonds is 0. The van der Waals surface area contributed by atoms with Crippen LogP contribution in [0.3, 0.4) is 0 Å². The van der Waals surface area contributed by atoms with Gasteiger partial charge in [-0.05, 0) is 31.1 Å². The maximum absolute atomic E-state index is 13.1. The van der Waals surface area contributed by atoms with Gasteiger partial charge in [-0.25, -0.2) is 0 Å². The zero-order valence-electron chi connectivity index (χ0n) is 15.9. The highest BCUT2D eigenvalue weighted by Crippen LogP contribution is 2.67. The summed E-state index contributed by atoms with van der Waals surface area (Å²) in [5, 5.41) is 20.7. The molecule has 0 aromatic carbocycles. The molecule has 2 aliphatic heterocycles. The van der Waals surface area contributed by atoms with Crippen molar-refractivity contribution in [1.82, 2.24) is 0 Å².